The SMILES string of the molecule is CC(=O)[C@]1([C@@H](NC(=O)OC(C)(C)C)c2ccccc2C)CCOC1=O. The topological polar surface area (TPSA) is 81.7 Å². The summed E-state index contributed by atoms with van der Waals surface area (Å²) in [5, 5.41) is 2.74. The minimum absolute atomic E-state index is 0.150. The fraction of sp³-hybridized carbons (Fsp3) is 0.526. The van der Waals surface area contributed by atoms with Crippen molar-refractivity contribution in [1.82, 2.24) is 5.32 Å². The van der Waals surface area contributed by atoms with Gasteiger partial charge in [0.1, 0.15) is 11.4 Å². The molecule has 1 amide bonds. The third-order valence-electron chi connectivity index (χ3n) is 4.38. The average Bonchev–Trinajstić information content (AvgIpc) is 2.86. The predicted octanol–water partition coefficient (Wildman–Crippen LogP) is 3.08. The summed E-state index contributed by atoms with van der Waals surface area (Å²) >= 11 is 0. The number of hydrogen-bond donors (Lipinski definition) is 1. The lowest BCUT2D eigenvalue weighted by Crippen LogP contribution is -2.49. The zero-order valence-corrected chi connectivity index (χ0v) is 15.3. The molecule has 1 aliphatic rings. The second kappa shape index (κ2) is 6.86. The molecule has 0 aromatic heterocycles. The van der Waals surface area contributed by atoms with Crippen LogP contribution < -0.4 is 5.32 Å². The van der Waals surface area contributed by atoms with Gasteiger partial charge in [-0.2, -0.15) is 0 Å². The highest BCUT2D eigenvalue weighted by molar-refractivity contribution is 6.05. The van der Waals surface area contributed by atoms with Gasteiger partial charge in [0.25, 0.3) is 0 Å². The number of ether oxygens (including phenoxy) is 2. The van der Waals surface area contributed by atoms with Crippen LogP contribution in [0.25, 0.3) is 0 Å². The van der Waals surface area contributed by atoms with Crippen LogP contribution in [0, 0.1) is 12.3 Å². The molecule has 1 aromatic carbocycles. The van der Waals surface area contributed by atoms with Crippen molar-refractivity contribution in [3.05, 3.63) is 35.4 Å². The highest BCUT2D eigenvalue weighted by Gasteiger charge is 2.56. The molecule has 0 bridgehead atoms. The van der Waals surface area contributed by atoms with Gasteiger partial charge in [-0.15, -0.1) is 0 Å². The Labute approximate surface area is 147 Å². The van der Waals surface area contributed by atoms with E-state index in [4.69, 9.17) is 9.47 Å². The van der Waals surface area contributed by atoms with Crippen LogP contribution in [0.5, 0.6) is 0 Å². The van der Waals surface area contributed by atoms with Crippen molar-refractivity contribution in [3.63, 3.8) is 0 Å². The molecule has 2 rings (SSSR count). The van der Waals surface area contributed by atoms with Crippen LogP contribution in [-0.2, 0) is 19.1 Å². The van der Waals surface area contributed by atoms with E-state index in [1.165, 1.54) is 6.92 Å². The van der Waals surface area contributed by atoms with Crippen molar-refractivity contribution in [1.29, 1.82) is 0 Å². The zero-order valence-electron chi connectivity index (χ0n) is 15.3. The molecule has 2 atom stereocenters. The number of alkyl carbamates (subject to hydrolysis) is 1. The first-order chi connectivity index (χ1) is 11.6. The number of ketones is 1. The molecule has 1 saturated heterocycles. The number of cyclic esters (lactones) is 1. The third kappa shape index (κ3) is 3.83. The summed E-state index contributed by atoms with van der Waals surface area (Å²) in [5.74, 6) is -0.941. The molecule has 1 aliphatic heterocycles. The predicted molar refractivity (Wildman–Crippen MR) is 92.0 cm³/mol. The molecule has 0 radical (unpaired) electrons. The zero-order chi connectivity index (χ0) is 18.8. The molecule has 1 aromatic rings. The van der Waals surface area contributed by atoms with Crippen LogP contribution in [-0.4, -0.2) is 30.1 Å². The van der Waals surface area contributed by atoms with Crippen molar-refractivity contribution in [2.24, 2.45) is 5.41 Å². The van der Waals surface area contributed by atoms with Gasteiger partial charge >= 0.3 is 12.1 Å². The van der Waals surface area contributed by atoms with Gasteiger partial charge in [-0.05, 0) is 45.7 Å². The smallest absolute Gasteiger partial charge is 0.408 e. The van der Waals surface area contributed by atoms with Crippen molar-refractivity contribution < 1.29 is 23.9 Å². The molecule has 25 heavy (non-hydrogen) atoms. The molecule has 0 spiro atoms. The van der Waals surface area contributed by atoms with Crippen LogP contribution in [0.15, 0.2) is 24.3 Å². The summed E-state index contributed by atoms with van der Waals surface area (Å²) in [6.07, 6.45) is -0.461. The maximum atomic E-state index is 12.5. The molecular weight excluding hydrogens is 322 g/mol. The maximum Gasteiger partial charge on any atom is 0.408 e. The summed E-state index contributed by atoms with van der Waals surface area (Å²) in [5.41, 5.74) is -0.575. The Bertz CT molecular complexity index is 691. The van der Waals surface area contributed by atoms with Gasteiger partial charge in [0.2, 0.25) is 0 Å². The Kier molecular flexibility index (Phi) is 5.20. The number of rotatable bonds is 4. The lowest BCUT2D eigenvalue weighted by molar-refractivity contribution is -0.152. The van der Waals surface area contributed by atoms with Gasteiger partial charge in [-0.1, -0.05) is 24.3 Å². The summed E-state index contributed by atoms with van der Waals surface area (Å²) in [6.45, 7) is 8.62. The second-order valence-electron chi connectivity index (χ2n) is 7.35. The monoisotopic (exact) mass is 347 g/mol. The van der Waals surface area contributed by atoms with Crippen molar-refractivity contribution in [3.8, 4) is 0 Å². The van der Waals surface area contributed by atoms with E-state index < -0.39 is 29.1 Å². The molecule has 6 heteroatoms. The van der Waals surface area contributed by atoms with E-state index in [2.05, 4.69) is 5.32 Å². The van der Waals surface area contributed by atoms with Gasteiger partial charge in [0, 0.05) is 6.42 Å². The number of Topliss-reactive ketones (excluding diaryl/α,β-unsaturated/α-hetero) is 1. The lowest BCUT2D eigenvalue weighted by Gasteiger charge is -2.34. The number of amides is 1. The van der Waals surface area contributed by atoms with E-state index in [0.29, 0.717) is 5.56 Å². The number of hydrogen-bond acceptors (Lipinski definition) is 5. The minimum atomic E-state index is -1.44. The number of benzene rings is 1. The third-order valence-corrected chi connectivity index (χ3v) is 4.38. The Morgan fingerprint density at radius 1 is 1.28 bits per heavy atom. The van der Waals surface area contributed by atoms with Crippen molar-refractivity contribution in [2.45, 2.75) is 52.7 Å². The van der Waals surface area contributed by atoms with E-state index in [1.54, 1.807) is 32.9 Å². The normalized spacial score (nSPS) is 21.4. The van der Waals surface area contributed by atoms with Crippen LogP contribution in [0.3, 0.4) is 0 Å². The standard InChI is InChI=1S/C19H25NO5/c1-12-8-6-7-9-14(12)15(20-17(23)25-18(3,4)5)19(13(2)21)10-11-24-16(19)22/h6-9,15H,10-11H2,1-5H3,(H,20,23)/t15-,19-/m0/s1. The molecule has 1 fully saturated rings. The molecule has 0 saturated carbocycles. The first-order valence-electron chi connectivity index (χ1n) is 8.31. The van der Waals surface area contributed by atoms with E-state index in [0.717, 1.165) is 5.56 Å². The van der Waals surface area contributed by atoms with E-state index >= 15 is 0 Å². The Hall–Kier alpha value is -2.37. The Morgan fingerprint density at radius 3 is 2.40 bits per heavy atom. The molecule has 0 aliphatic carbocycles. The summed E-state index contributed by atoms with van der Waals surface area (Å²) in [4.78, 5) is 37.4. The van der Waals surface area contributed by atoms with Gasteiger partial charge in [0.15, 0.2) is 5.41 Å². The number of nitrogens with one attached hydrogen (secondary N) is 1. The second-order valence-corrected chi connectivity index (χ2v) is 7.35. The van der Waals surface area contributed by atoms with Crippen molar-refractivity contribution in [2.75, 3.05) is 6.61 Å². The van der Waals surface area contributed by atoms with E-state index in [-0.39, 0.29) is 18.8 Å². The number of esters is 1. The van der Waals surface area contributed by atoms with E-state index in [1.807, 2.05) is 19.1 Å². The maximum absolute atomic E-state index is 12.5. The van der Waals surface area contributed by atoms with Crippen molar-refractivity contribution >= 4 is 17.8 Å². The van der Waals surface area contributed by atoms with Crippen LogP contribution in [0.4, 0.5) is 4.79 Å². The quantitative estimate of drug-likeness (QED) is 0.668. The minimum Gasteiger partial charge on any atom is -0.465 e. The average molecular weight is 347 g/mol. The van der Waals surface area contributed by atoms with Gasteiger partial charge in [0.05, 0.1) is 12.6 Å². The van der Waals surface area contributed by atoms with Crippen LogP contribution in [0.2, 0.25) is 0 Å². The summed E-state index contributed by atoms with van der Waals surface area (Å²) < 4.78 is 10.4. The number of carbonyl (C=O) groups is 3. The molecule has 6 nitrogen and oxygen atoms in total. The first-order valence-corrected chi connectivity index (χ1v) is 8.31. The van der Waals surface area contributed by atoms with Crippen LogP contribution >= 0.6 is 0 Å². The number of carbonyl (C=O) groups excluding carboxylic acids is 3. The molecular formula is C19H25NO5. The largest absolute Gasteiger partial charge is 0.465 e. The summed E-state index contributed by atoms with van der Waals surface area (Å²) in [6, 6.07) is 6.48. The highest BCUT2D eigenvalue weighted by Crippen LogP contribution is 2.44. The van der Waals surface area contributed by atoms with Gasteiger partial charge in [-0.25, -0.2) is 4.79 Å². The Morgan fingerprint density at radius 2 is 1.92 bits per heavy atom. The highest BCUT2D eigenvalue weighted by atomic mass is 16.6. The fourth-order valence-corrected chi connectivity index (χ4v) is 3.12. The van der Waals surface area contributed by atoms with Crippen LogP contribution in [0.1, 0.15) is 51.3 Å². The molecule has 1 N–H and O–H groups in total. The number of aryl methyl sites for hydroxylation is 1. The lowest BCUT2D eigenvalue weighted by atomic mass is 9.72. The summed E-state index contributed by atoms with van der Waals surface area (Å²) in [7, 11) is 0. The van der Waals surface area contributed by atoms with Gasteiger partial charge < -0.3 is 14.8 Å². The molecule has 136 valence electrons. The fourth-order valence-electron chi connectivity index (χ4n) is 3.12. The van der Waals surface area contributed by atoms with E-state index in [9.17, 15) is 14.4 Å². The first kappa shape index (κ1) is 19.0. The molecule has 0 unspecified atom stereocenters. The molecule has 1 heterocycles. The Balaban J connectivity index is 2.49. The van der Waals surface area contributed by atoms with Gasteiger partial charge in [-0.3, -0.25) is 9.59 Å².